The first-order valence-electron chi connectivity index (χ1n) is 7.81. The topological polar surface area (TPSA) is 54.0 Å². The third-order valence-corrected chi connectivity index (χ3v) is 3.93. The lowest BCUT2D eigenvalue weighted by Crippen LogP contribution is -2.42. The molecule has 2 heterocycles. The van der Waals surface area contributed by atoms with Crippen LogP contribution in [0.1, 0.15) is 45.4 Å². The van der Waals surface area contributed by atoms with Crippen molar-refractivity contribution < 1.29 is 23.7 Å². The summed E-state index contributed by atoms with van der Waals surface area (Å²) >= 11 is 0. The minimum Gasteiger partial charge on any atom is -0.463 e. The van der Waals surface area contributed by atoms with Crippen LogP contribution in [0.4, 0.5) is 0 Å². The van der Waals surface area contributed by atoms with Crippen LogP contribution in [0.15, 0.2) is 12.2 Å². The van der Waals surface area contributed by atoms with E-state index in [1.54, 1.807) is 7.11 Å². The zero-order valence-electron chi connectivity index (χ0n) is 13.0. The van der Waals surface area contributed by atoms with Crippen LogP contribution in [0.3, 0.4) is 0 Å². The summed E-state index contributed by atoms with van der Waals surface area (Å²) in [5, 5.41) is 0. The van der Waals surface area contributed by atoms with Crippen LogP contribution in [-0.2, 0) is 23.7 Å². The zero-order chi connectivity index (χ0) is 15.1. The summed E-state index contributed by atoms with van der Waals surface area (Å²) in [6.45, 7) is 2.16. The summed E-state index contributed by atoms with van der Waals surface area (Å²) < 4.78 is 22.0. The predicted octanol–water partition coefficient (Wildman–Crippen LogP) is 2.59. The van der Waals surface area contributed by atoms with E-state index in [9.17, 15) is 4.79 Å². The van der Waals surface area contributed by atoms with E-state index in [2.05, 4.69) is 12.2 Å². The Kier molecular flexibility index (Phi) is 6.67. The highest BCUT2D eigenvalue weighted by molar-refractivity contribution is 5.70. The maximum absolute atomic E-state index is 12.0. The quantitative estimate of drug-likeness (QED) is 0.455. The van der Waals surface area contributed by atoms with Crippen LogP contribution in [0, 0.1) is 0 Å². The second-order valence-corrected chi connectivity index (χ2v) is 5.77. The van der Waals surface area contributed by atoms with Crippen molar-refractivity contribution in [1.29, 1.82) is 0 Å². The molecule has 0 aromatic carbocycles. The van der Waals surface area contributed by atoms with E-state index < -0.39 is 0 Å². The first-order valence-corrected chi connectivity index (χ1v) is 7.81. The highest BCUT2D eigenvalue weighted by Gasteiger charge is 2.33. The summed E-state index contributed by atoms with van der Waals surface area (Å²) in [5.74, 6) is -0.205. The molecule has 2 rings (SSSR count). The van der Waals surface area contributed by atoms with Gasteiger partial charge in [-0.1, -0.05) is 12.2 Å². The maximum atomic E-state index is 12.0. The van der Waals surface area contributed by atoms with E-state index in [4.69, 9.17) is 18.9 Å². The maximum Gasteiger partial charge on any atom is 0.308 e. The Morgan fingerprint density at radius 2 is 2.19 bits per heavy atom. The molecule has 1 fully saturated rings. The van der Waals surface area contributed by atoms with Crippen LogP contribution >= 0.6 is 0 Å². The molecule has 0 unspecified atom stereocenters. The van der Waals surface area contributed by atoms with Crippen LogP contribution in [0.2, 0.25) is 0 Å². The molecular weight excluding hydrogens is 272 g/mol. The fraction of sp³-hybridized carbons (Fsp3) is 0.812. The van der Waals surface area contributed by atoms with E-state index in [1.165, 1.54) is 0 Å². The van der Waals surface area contributed by atoms with Gasteiger partial charge < -0.3 is 18.9 Å². The lowest BCUT2D eigenvalue weighted by Gasteiger charge is -2.35. The van der Waals surface area contributed by atoms with Gasteiger partial charge in [0.25, 0.3) is 0 Å². The van der Waals surface area contributed by atoms with Crippen LogP contribution < -0.4 is 0 Å². The van der Waals surface area contributed by atoms with Gasteiger partial charge in [0, 0.05) is 7.11 Å². The van der Waals surface area contributed by atoms with Crippen molar-refractivity contribution in [2.75, 3.05) is 13.9 Å². The molecule has 4 atom stereocenters. The van der Waals surface area contributed by atoms with Crippen molar-refractivity contribution in [2.24, 2.45) is 0 Å². The number of hydrogen-bond donors (Lipinski definition) is 0. The van der Waals surface area contributed by atoms with Gasteiger partial charge in [-0.25, -0.2) is 0 Å². The number of rotatable bonds is 3. The normalized spacial score (nSPS) is 36.2. The molecule has 0 aromatic rings. The van der Waals surface area contributed by atoms with Gasteiger partial charge in [-0.3, -0.25) is 4.79 Å². The molecule has 0 amide bonds. The number of esters is 1. The molecule has 21 heavy (non-hydrogen) atoms. The molecule has 2 aliphatic rings. The van der Waals surface area contributed by atoms with Crippen LogP contribution in [-0.4, -0.2) is 44.3 Å². The molecule has 0 aromatic heterocycles. The van der Waals surface area contributed by atoms with Gasteiger partial charge in [0.2, 0.25) is 0 Å². The molecule has 120 valence electrons. The SMILES string of the molecule is COCO[C@H]1CC[C@@H]2/C=C\CCC[C@H](C)OC(=O)C[C@@H]1O2. The standard InChI is InChI=1S/C16H26O5/c1-12-6-4-3-5-7-13-8-9-14(19-11-18-2)15(21-13)10-16(17)20-12/h5,7,12-15H,3-4,6,8-11H2,1-2H3/b7-5-/t12-,13-,14-,15-/m0/s1. The number of hydrogen-bond acceptors (Lipinski definition) is 5. The van der Waals surface area contributed by atoms with Crippen molar-refractivity contribution in [3.8, 4) is 0 Å². The van der Waals surface area contributed by atoms with Gasteiger partial charge in [-0.15, -0.1) is 0 Å². The largest absolute Gasteiger partial charge is 0.463 e. The Hall–Kier alpha value is -0.910. The highest BCUT2D eigenvalue weighted by Crippen LogP contribution is 2.26. The Bertz CT molecular complexity index is 355. The van der Waals surface area contributed by atoms with Gasteiger partial charge in [-0.05, 0) is 39.0 Å². The number of cyclic esters (lactones) is 1. The van der Waals surface area contributed by atoms with Gasteiger partial charge in [-0.2, -0.15) is 0 Å². The number of carbonyl (C=O) groups excluding carboxylic acids is 1. The van der Waals surface area contributed by atoms with Crippen molar-refractivity contribution in [3.05, 3.63) is 12.2 Å². The fourth-order valence-corrected chi connectivity index (χ4v) is 2.83. The van der Waals surface area contributed by atoms with Crippen molar-refractivity contribution in [1.82, 2.24) is 0 Å². The zero-order valence-corrected chi connectivity index (χ0v) is 13.0. The van der Waals surface area contributed by atoms with Crippen molar-refractivity contribution >= 4 is 5.97 Å². The second-order valence-electron chi connectivity index (χ2n) is 5.77. The summed E-state index contributed by atoms with van der Waals surface area (Å²) in [7, 11) is 1.59. The molecule has 2 aliphatic heterocycles. The molecule has 0 N–H and O–H groups in total. The average Bonchev–Trinajstić information content (AvgIpc) is 2.44. The van der Waals surface area contributed by atoms with Crippen molar-refractivity contribution in [3.63, 3.8) is 0 Å². The summed E-state index contributed by atoms with van der Waals surface area (Å²) in [5.41, 5.74) is 0. The Morgan fingerprint density at radius 1 is 1.33 bits per heavy atom. The van der Waals surface area contributed by atoms with E-state index in [0.717, 1.165) is 32.1 Å². The second kappa shape index (κ2) is 8.51. The van der Waals surface area contributed by atoms with E-state index in [0.29, 0.717) is 0 Å². The molecule has 2 bridgehead atoms. The molecule has 0 spiro atoms. The number of fused-ring (bicyclic) bond motifs is 2. The van der Waals surface area contributed by atoms with Crippen LogP contribution in [0.5, 0.6) is 0 Å². The molecule has 0 radical (unpaired) electrons. The fourth-order valence-electron chi connectivity index (χ4n) is 2.83. The monoisotopic (exact) mass is 298 g/mol. The van der Waals surface area contributed by atoms with Crippen molar-refractivity contribution in [2.45, 2.75) is 69.9 Å². The molecular formula is C16H26O5. The Balaban J connectivity index is 2.02. The van der Waals surface area contributed by atoms with E-state index in [-0.39, 0.29) is 43.6 Å². The first-order chi connectivity index (χ1) is 10.2. The first kappa shape index (κ1) is 16.5. The smallest absolute Gasteiger partial charge is 0.308 e. The highest BCUT2D eigenvalue weighted by atomic mass is 16.7. The number of carbonyl (C=O) groups is 1. The number of ether oxygens (including phenoxy) is 4. The molecule has 0 aliphatic carbocycles. The molecule has 0 saturated carbocycles. The van der Waals surface area contributed by atoms with E-state index in [1.807, 2.05) is 6.92 Å². The third kappa shape index (κ3) is 5.41. The van der Waals surface area contributed by atoms with Gasteiger partial charge in [0.1, 0.15) is 6.79 Å². The lowest BCUT2D eigenvalue weighted by molar-refractivity contribution is -0.178. The predicted molar refractivity (Wildman–Crippen MR) is 77.8 cm³/mol. The number of allylic oxidation sites excluding steroid dienone is 1. The summed E-state index contributed by atoms with van der Waals surface area (Å²) in [6.07, 6.45) is 8.90. The third-order valence-electron chi connectivity index (χ3n) is 3.93. The molecule has 5 heteroatoms. The number of methoxy groups -OCH3 is 1. The van der Waals surface area contributed by atoms with Crippen LogP contribution in [0.25, 0.3) is 0 Å². The minimum atomic E-state index is -0.261. The van der Waals surface area contributed by atoms with Gasteiger partial charge >= 0.3 is 5.97 Å². The Labute approximate surface area is 126 Å². The summed E-state index contributed by atoms with van der Waals surface area (Å²) in [6, 6.07) is 0. The van der Waals surface area contributed by atoms with E-state index >= 15 is 0 Å². The lowest BCUT2D eigenvalue weighted by atomic mass is 9.97. The average molecular weight is 298 g/mol. The summed E-state index contributed by atoms with van der Waals surface area (Å²) in [4.78, 5) is 12.0. The molecule has 1 saturated heterocycles. The van der Waals surface area contributed by atoms with Gasteiger partial charge in [0.05, 0.1) is 30.8 Å². The molecule has 5 nitrogen and oxygen atoms in total. The van der Waals surface area contributed by atoms with Gasteiger partial charge in [0.15, 0.2) is 0 Å². The Morgan fingerprint density at radius 3 is 3.00 bits per heavy atom. The minimum absolute atomic E-state index is 0.0388.